The van der Waals surface area contributed by atoms with Crippen molar-refractivity contribution in [3.05, 3.63) is 212 Å². The molecule has 0 aliphatic heterocycles. The molecule has 0 atom stereocenters. The van der Waals surface area contributed by atoms with Crippen molar-refractivity contribution in [2.24, 2.45) is 0 Å². The minimum absolute atomic E-state index is 1.11. The van der Waals surface area contributed by atoms with E-state index >= 15 is 0 Å². The van der Waals surface area contributed by atoms with Crippen LogP contribution in [0.15, 0.2) is 212 Å². The minimum Gasteiger partial charge on any atom is -0.310 e. The molecule has 1 nitrogen and oxygen atoms in total. The highest BCUT2D eigenvalue weighted by molar-refractivity contribution is 7.25. The van der Waals surface area contributed by atoms with Gasteiger partial charge in [0, 0.05) is 37.2 Å². The number of benzene rings is 9. The summed E-state index contributed by atoms with van der Waals surface area (Å²) in [6.45, 7) is 0. The second-order valence-corrected chi connectivity index (χ2v) is 14.9. The van der Waals surface area contributed by atoms with Crippen LogP contribution >= 0.6 is 11.3 Å². The molecule has 0 aliphatic carbocycles. The van der Waals surface area contributed by atoms with Crippen LogP contribution in [0.4, 0.5) is 17.1 Å². The summed E-state index contributed by atoms with van der Waals surface area (Å²) in [5.41, 5.74) is 13.0. The zero-order chi connectivity index (χ0) is 35.8. The third-order valence-electron chi connectivity index (χ3n) is 10.5. The molecule has 0 saturated heterocycles. The molecular weight excluding hydrogens is 671 g/mol. The van der Waals surface area contributed by atoms with Gasteiger partial charge in [0.25, 0.3) is 0 Å². The molecule has 10 aromatic rings. The maximum absolute atomic E-state index is 2.37. The van der Waals surface area contributed by atoms with Crippen molar-refractivity contribution >= 4 is 59.3 Å². The zero-order valence-corrected chi connectivity index (χ0v) is 30.4. The van der Waals surface area contributed by atoms with E-state index in [4.69, 9.17) is 0 Å². The van der Waals surface area contributed by atoms with Crippen LogP contribution in [-0.4, -0.2) is 0 Å². The Balaban J connectivity index is 1.04. The van der Waals surface area contributed by atoms with Crippen molar-refractivity contribution in [3.63, 3.8) is 0 Å². The Kier molecular flexibility index (Phi) is 8.09. The van der Waals surface area contributed by atoms with Crippen molar-refractivity contribution < 1.29 is 0 Å². The lowest BCUT2D eigenvalue weighted by atomic mass is 9.98. The fraction of sp³-hybridized carbons (Fsp3) is 0. The summed E-state index contributed by atoms with van der Waals surface area (Å²) in [5.74, 6) is 0. The average molecular weight is 706 g/mol. The lowest BCUT2D eigenvalue weighted by Crippen LogP contribution is -2.10. The molecule has 2 heteroatoms. The average Bonchev–Trinajstić information content (AvgIpc) is 3.63. The number of nitrogens with zero attached hydrogens (tertiary/aromatic N) is 1. The van der Waals surface area contributed by atoms with Crippen molar-refractivity contribution in [3.8, 4) is 44.5 Å². The van der Waals surface area contributed by atoms with Crippen LogP contribution < -0.4 is 4.90 Å². The van der Waals surface area contributed by atoms with Gasteiger partial charge in [-0.15, -0.1) is 11.3 Å². The van der Waals surface area contributed by atoms with E-state index in [0.717, 1.165) is 17.1 Å². The summed E-state index contributed by atoms with van der Waals surface area (Å²) >= 11 is 1.86. The molecule has 0 amide bonds. The summed E-state index contributed by atoms with van der Waals surface area (Å²) in [7, 11) is 0. The summed E-state index contributed by atoms with van der Waals surface area (Å²) in [4.78, 5) is 2.37. The molecule has 0 bridgehead atoms. The Morgan fingerprint density at radius 2 is 0.759 bits per heavy atom. The van der Waals surface area contributed by atoms with Crippen molar-refractivity contribution in [1.82, 2.24) is 0 Å². The molecule has 1 heterocycles. The lowest BCUT2D eigenvalue weighted by molar-refractivity contribution is 1.28. The van der Waals surface area contributed by atoms with Gasteiger partial charge in [-0.3, -0.25) is 0 Å². The van der Waals surface area contributed by atoms with Crippen LogP contribution in [0.25, 0.3) is 75.5 Å². The highest BCUT2D eigenvalue weighted by Crippen LogP contribution is 2.40. The van der Waals surface area contributed by atoms with E-state index in [0.29, 0.717) is 0 Å². The third-order valence-corrected chi connectivity index (χ3v) is 11.6. The molecule has 254 valence electrons. The second-order valence-electron chi connectivity index (χ2n) is 13.8. The topological polar surface area (TPSA) is 3.24 Å². The van der Waals surface area contributed by atoms with Crippen LogP contribution in [-0.2, 0) is 0 Å². The SMILES string of the molecule is c1ccc(-c2cccc(-c3cccc(N(c4ccc(-c5ccc6ccccc6c5)cc4)c4ccc(-c5ccc6c(c5)sc5ccccc56)cc4)c3)c2)cc1. The smallest absolute Gasteiger partial charge is 0.0467 e. The molecule has 0 spiro atoms. The molecular formula is C52H35NS. The van der Waals surface area contributed by atoms with Crippen molar-refractivity contribution in [1.29, 1.82) is 0 Å². The molecule has 0 unspecified atom stereocenters. The van der Waals surface area contributed by atoms with Crippen molar-refractivity contribution in [2.75, 3.05) is 4.90 Å². The van der Waals surface area contributed by atoms with E-state index in [9.17, 15) is 0 Å². The Labute approximate surface area is 319 Å². The number of fused-ring (bicyclic) bond motifs is 4. The second kappa shape index (κ2) is 13.7. The van der Waals surface area contributed by atoms with E-state index in [2.05, 4.69) is 217 Å². The zero-order valence-electron chi connectivity index (χ0n) is 29.6. The third kappa shape index (κ3) is 6.03. The van der Waals surface area contributed by atoms with Crippen LogP contribution in [0.1, 0.15) is 0 Å². The molecule has 1 aromatic heterocycles. The molecule has 54 heavy (non-hydrogen) atoms. The Hall–Kier alpha value is -6.74. The maximum atomic E-state index is 2.37. The summed E-state index contributed by atoms with van der Waals surface area (Å²) < 4.78 is 2.65. The number of hydrogen-bond donors (Lipinski definition) is 0. The van der Waals surface area contributed by atoms with E-state index in [1.54, 1.807) is 0 Å². The first-order valence-corrected chi connectivity index (χ1v) is 19.2. The van der Waals surface area contributed by atoms with Gasteiger partial charge in [-0.2, -0.15) is 0 Å². The Morgan fingerprint density at radius 1 is 0.259 bits per heavy atom. The van der Waals surface area contributed by atoms with Gasteiger partial charge in [0.2, 0.25) is 0 Å². The normalized spacial score (nSPS) is 11.3. The molecule has 10 rings (SSSR count). The fourth-order valence-corrected chi connectivity index (χ4v) is 8.81. The minimum atomic E-state index is 1.11. The molecule has 0 saturated carbocycles. The first-order chi connectivity index (χ1) is 26.7. The number of hydrogen-bond acceptors (Lipinski definition) is 2. The van der Waals surface area contributed by atoms with Crippen LogP contribution in [0.5, 0.6) is 0 Å². The van der Waals surface area contributed by atoms with E-state index in [1.165, 1.54) is 75.5 Å². The molecule has 0 radical (unpaired) electrons. The Morgan fingerprint density at radius 3 is 1.52 bits per heavy atom. The Bertz CT molecular complexity index is 2920. The van der Waals surface area contributed by atoms with Gasteiger partial charge in [-0.25, -0.2) is 0 Å². The quantitative estimate of drug-likeness (QED) is 0.160. The highest BCUT2D eigenvalue weighted by Gasteiger charge is 2.15. The van der Waals surface area contributed by atoms with Gasteiger partial charge in [-0.05, 0) is 116 Å². The van der Waals surface area contributed by atoms with E-state index in [1.807, 2.05) is 11.3 Å². The first-order valence-electron chi connectivity index (χ1n) is 18.4. The molecule has 9 aromatic carbocycles. The molecule has 0 fully saturated rings. The number of thiophene rings is 1. The largest absolute Gasteiger partial charge is 0.310 e. The molecule has 0 N–H and O–H groups in total. The van der Waals surface area contributed by atoms with E-state index < -0.39 is 0 Å². The number of anilines is 3. The molecule has 0 aliphatic rings. The monoisotopic (exact) mass is 705 g/mol. The standard InChI is InChI=1S/C52H35NS/c1-2-10-36(11-3-1)41-14-8-15-42(32-41)43-16-9-17-48(34-43)53(46-27-22-38(23-28-46)44-21-20-37-12-4-5-13-40(37)33-44)47-29-24-39(25-30-47)45-26-31-50-49-18-6-7-19-51(49)54-52(50)35-45/h1-35H. The summed E-state index contributed by atoms with van der Waals surface area (Å²) in [5, 5.41) is 5.16. The van der Waals surface area contributed by atoms with Gasteiger partial charge in [0.05, 0.1) is 0 Å². The van der Waals surface area contributed by atoms with Gasteiger partial charge in [-0.1, -0.05) is 152 Å². The highest BCUT2D eigenvalue weighted by atomic mass is 32.1. The summed E-state index contributed by atoms with van der Waals surface area (Å²) in [6, 6.07) is 77.2. The van der Waals surface area contributed by atoms with Crippen LogP contribution in [0.2, 0.25) is 0 Å². The first kappa shape index (κ1) is 32.0. The fourth-order valence-electron chi connectivity index (χ4n) is 7.66. The lowest BCUT2D eigenvalue weighted by Gasteiger charge is -2.26. The van der Waals surface area contributed by atoms with Gasteiger partial charge >= 0.3 is 0 Å². The van der Waals surface area contributed by atoms with Gasteiger partial charge in [0.1, 0.15) is 0 Å². The summed E-state index contributed by atoms with van der Waals surface area (Å²) in [6.07, 6.45) is 0. The van der Waals surface area contributed by atoms with E-state index in [-0.39, 0.29) is 0 Å². The van der Waals surface area contributed by atoms with Crippen LogP contribution in [0, 0.1) is 0 Å². The van der Waals surface area contributed by atoms with Crippen molar-refractivity contribution in [2.45, 2.75) is 0 Å². The van der Waals surface area contributed by atoms with Gasteiger partial charge in [0.15, 0.2) is 0 Å². The van der Waals surface area contributed by atoms with Crippen LogP contribution in [0.3, 0.4) is 0 Å². The maximum Gasteiger partial charge on any atom is 0.0467 e. The predicted octanol–water partition coefficient (Wildman–Crippen LogP) is 15.3. The predicted molar refractivity (Wildman–Crippen MR) is 233 cm³/mol. The van der Waals surface area contributed by atoms with Gasteiger partial charge < -0.3 is 4.90 Å². The number of rotatable bonds is 7.